The summed E-state index contributed by atoms with van der Waals surface area (Å²) in [6.45, 7) is 5.13. The summed E-state index contributed by atoms with van der Waals surface area (Å²) in [4.78, 5) is 15.3. The van der Waals surface area contributed by atoms with Crippen molar-refractivity contribution in [2.45, 2.75) is 64.0 Å². The minimum atomic E-state index is 0.243. The van der Waals surface area contributed by atoms with Gasteiger partial charge in [0, 0.05) is 31.1 Å². The highest BCUT2D eigenvalue weighted by Crippen LogP contribution is 2.42. The van der Waals surface area contributed by atoms with Crippen molar-refractivity contribution in [3.05, 3.63) is 0 Å². The zero-order valence-corrected chi connectivity index (χ0v) is 13.4. The molecule has 2 bridgehead atoms. The van der Waals surface area contributed by atoms with Gasteiger partial charge in [-0.2, -0.15) is 0 Å². The Hall–Kier alpha value is -0.610. The third kappa shape index (κ3) is 3.11. The first-order valence-electron chi connectivity index (χ1n) is 8.97. The van der Waals surface area contributed by atoms with Crippen molar-refractivity contribution in [1.29, 1.82) is 0 Å². The van der Waals surface area contributed by atoms with E-state index >= 15 is 0 Å². The number of nitrogens with two attached hydrogens (primary N) is 1. The predicted molar refractivity (Wildman–Crippen MR) is 84.8 cm³/mol. The number of hydrogen-bond acceptors (Lipinski definition) is 3. The molecule has 0 aromatic rings. The molecule has 0 spiro atoms. The molecular weight excluding hydrogens is 262 g/mol. The van der Waals surface area contributed by atoms with Crippen LogP contribution in [-0.2, 0) is 4.79 Å². The van der Waals surface area contributed by atoms with E-state index in [2.05, 4.69) is 17.1 Å². The molecule has 120 valence electrons. The van der Waals surface area contributed by atoms with Crippen molar-refractivity contribution < 1.29 is 4.79 Å². The van der Waals surface area contributed by atoms with Crippen LogP contribution in [0.3, 0.4) is 0 Å². The minimum absolute atomic E-state index is 0.243. The van der Waals surface area contributed by atoms with E-state index in [0.717, 1.165) is 45.3 Å². The number of amides is 1. The van der Waals surface area contributed by atoms with Crippen LogP contribution in [0.2, 0.25) is 0 Å². The number of fused-ring (bicyclic) bond motifs is 2. The molecule has 1 amide bonds. The number of hydrogen-bond donors (Lipinski definition) is 2. The van der Waals surface area contributed by atoms with Gasteiger partial charge >= 0.3 is 0 Å². The Labute approximate surface area is 128 Å². The summed E-state index contributed by atoms with van der Waals surface area (Å²) >= 11 is 0. The second-order valence-electron chi connectivity index (χ2n) is 7.37. The van der Waals surface area contributed by atoms with Crippen LogP contribution in [-0.4, -0.2) is 42.5 Å². The van der Waals surface area contributed by atoms with Gasteiger partial charge in [0.25, 0.3) is 0 Å². The van der Waals surface area contributed by atoms with Crippen molar-refractivity contribution in [3.63, 3.8) is 0 Å². The fourth-order valence-electron chi connectivity index (χ4n) is 4.84. The molecule has 0 aromatic carbocycles. The zero-order valence-electron chi connectivity index (χ0n) is 13.4. The summed E-state index contributed by atoms with van der Waals surface area (Å²) in [5.74, 6) is 1.86. The Morgan fingerprint density at radius 2 is 1.95 bits per heavy atom. The smallest absolute Gasteiger partial charge is 0.225 e. The molecule has 1 saturated heterocycles. The summed E-state index contributed by atoms with van der Waals surface area (Å²) < 4.78 is 0. The van der Waals surface area contributed by atoms with E-state index in [0.29, 0.717) is 29.8 Å². The van der Waals surface area contributed by atoms with E-state index < -0.39 is 0 Å². The van der Waals surface area contributed by atoms with Crippen LogP contribution < -0.4 is 11.1 Å². The maximum atomic E-state index is 13.1. The number of rotatable bonds is 4. The topological polar surface area (TPSA) is 58.4 Å². The summed E-state index contributed by atoms with van der Waals surface area (Å²) in [5, 5.41) is 3.40. The molecule has 4 heteroatoms. The molecule has 3 aliphatic rings. The fraction of sp³-hybridized carbons (Fsp3) is 0.941. The van der Waals surface area contributed by atoms with Gasteiger partial charge in [-0.15, -0.1) is 0 Å². The van der Waals surface area contributed by atoms with Crippen molar-refractivity contribution >= 4 is 5.91 Å². The van der Waals surface area contributed by atoms with Crippen LogP contribution in [0.4, 0.5) is 0 Å². The third-order valence-electron chi connectivity index (χ3n) is 5.98. The lowest BCUT2D eigenvalue weighted by atomic mass is 9.65. The molecule has 21 heavy (non-hydrogen) atoms. The Morgan fingerprint density at radius 3 is 2.52 bits per heavy atom. The molecule has 2 aliphatic carbocycles. The maximum absolute atomic E-state index is 13.1. The molecule has 3 fully saturated rings. The van der Waals surface area contributed by atoms with E-state index in [1.54, 1.807) is 0 Å². The minimum Gasteiger partial charge on any atom is -0.338 e. The van der Waals surface area contributed by atoms with Gasteiger partial charge < -0.3 is 16.0 Å². The summed E-state index contributed by atoms with van der Waals surface area (Å²) in [6, 6.07) is 0.781. The number of carbonyl (C=O) groups excluding carboxylic acids is 1. The Morgan fingerprint density at radius 1 is 1.24 bits per heavy atom. The van der Waals surface area contributed by atoms with Gasteiger partial charge in [0.1, 0.15) is 0 Å². The molecule has 0 radical (unpaired) electrons. The van der Waals surface area contributed by atoms with E-state index in [4.69, 9.17) is 5.73 Å². The van der Waals surface area contributed by atoms with Gasteiger partial charge in [0.05, 0.1) is 0 Å². The normalized spacial score (nSPS) is 39.2. The van der Waals surface area contributed by atoms with E-state index in [9.17, 15) is 4.79 Å². The third-order valence-corrected chi connectivity index (χ3v) is 5.98. The largest absolute Gasteiger partial charge is 0.338 e. The summed E-state index contributed by atoms with van der Waals surface area (Å²) in [6.07, 6.45) is 8.04. The van der Waals surface area contributed by atoms with Crippen LogP contribution in [0, 0.1) is 17.8 Å². The predicted octanol–water partition coefficient (Wildman–Crippen LogP) is 1.74. The molecule has 3 rings (SSSR count). The SMILES string of the molecule is CCCN(C(=O)C1CC2CCCC(C1)C2N)C1CCNC1. The molecule has 2 saturated carbocycles. The molecule has 3 N–H and O–H groups in total. The molecule has 3 unspecified atom stereocenters. The van der Waals surface area contributed by atoms with Gasteiger partial charge in [-0.25, -0.2) is 0 Å². The van der Waals surface area contributed by atoms with E-state index in [1.165, 1.54) is 19.3 Å². The zero-order chi connectivity index (χ0) is 14.8. The van der Waals surface area contributed by atoms with Crippen molar-refractivity contribution in [1.82, 2.24) is 10.2 Å². The van der Waals surface area contributed by atoms with Gasteiger partial charge in [-0.05, 0) is 56.9 Å². The van der Waals surface area contributed by atoms with Crippen LogP contribution in [0.15, 0.2) is 0 Å². The summed E-state index contributed by atoms with van der Waals surface area (Å²) in [7, 11) is 0. The Kier molecular flexibility index (Phi) is 4.85. The first-order chi connectivity index (χ1) is 10.2. The lowest BCUT2D eigenvalue weighted by Crippen LogP contribution is -2.51. The van der Waals surface area contributed by atoms with Crippen molar-refractivity contribution in [2.75, 3.05) is 19.6 Å². The standard InChI is InChI=1S/C17H31N3O/c1-2-8-20(15-6-7-19-11-15)17(21)14-9-12-4-3-5-13(10-14)16(12)18/h12-16,19H,2-11,18H2,1H3. The Balaban J connectivity index is 1.67. The van der Waals surface area contributed by atoms with Crippen molar-refractivity contribution in [2.24, 2.45) is 23.5 Å². The van der Waals surface area contributed by atoms with Gasteiger partial charge in [-0.3, -0.25) is 4.79 Å². The number of nitrogens with one attached hydrogen (secondary N) is 1. The fourth-order valence-corrected chi connectivity index (χ4v) is 4.84. The molecule has 0 aromatic heterocycles. The van der Waals surface area contributed by atoms with Gasteiger partial charge in [0.15, 0.2) is 0 Å². The highest BCUT2D eigenvalue weighted by molar-refractivity contribution is 5.79. The molecule has 4 nitrogen and oxygen atoms in total. The highest BCUT2D eigenvalue weighted by atomic mass is 16.2. The number of nitrogens with zero attached hydrogens (tertiary/aromatic N) is 1. The first-order valence-corrected chi connectivity index (χ1v) is 8.97. The molecule has 1 heterocycles. The average Bonchev–Trinajstić information content (AvgIpc) is 2.97. The van der Waals surface area contributed by atoms with Crippen molar-refractivity contribution in [3.8, 4) is 0 Å². The lowest BCUT2D eigenvalue weighted by Gasteiger charge is -2.45. The summed E-state index contributed by atoms with van der Waals surface area (Å²) in [5.41, 5.74) is 6.37. The van der Waals surface area contributed by atoms with Crippen LogP contribution >= 0.6 is 0 Å². The number of carbonyl (C=O) groups is 1. The van der Waals surface area contributed by atoms with E-state index in [1.807, 2.05) is 0 Å². The first kappa shape index (κ1) is 15.3. The van der Waals surface area contributed by atoms with Crippen LogP contribution in [0.5, 0.6) is 0 Å². The molecular formula is C17H31N3O. The molecule has 3 atom stereocenters. The maximum Gasteiger partial charge on any atom is 0.225 e. The van der Waals surface area contributed by atoms with Gasteiger partial charge in [0.2, 0.25) is 5.91 Å². The van der Waals surface area contributed by atoms with E-state index in [-0.39, 0.29) is 5.92 Å². The molecule has 1 aliphatic heterocycles. The second-order valence-corrected chi connectivity index (χ2v) is 7.37. The average molecular weight is 293 g/mol. The monoisotopic (exact) mass is 293 g/mol. The Bertz CT molecular complexity index is 353. The lowest BCUT2D eigenvalue weighted by molar-refractivity contribution is -0.140. The van der Waals surface area contributed by atoms with Crippen LogP contribution in [0.25, 0.3) is 0 Å². The quantitative estimate of drug-likeness (QED) is 0.830. The highest BCUT2D eigenvalue weighted by Gasteiger charge is 2.42. The van der Waals surface area contributed by atoms with Crippen LogP contribution in [0.1, 0.15) is 51.9 Å². The van der Waals surface area contributed by atoms with Gasteiger partial charge in [-0.1, -0.05) is 13.3 Å². The second kappa shape index (κ2) is 6.66.